The molecular formula is C17H15NO7. The molecule has 1 amide bonds. The van der Waals surface area contributed by atoms with Crippen LogP contribution in [0.1, 0.15) is 21.5 Å². The second-order valence-corrected chi connectivity index (χ2v) is 5.29. The van der Waals surface area contributed by atoms with E-state index in [-0.39, 0.29) is 17.5 Å². The SMILES string of the molecule is O=C(O)Cc1ccc(NC(=O)c2cc(O)c(CC(=O)O)cc2O)cc1. The van der Waals surface area contributed by atoms with Crippen LogP contribution in [0.15, 0.2) is 36.4 Å². The van der Waals surface area contributed by atoms with Gasteiger partial charge in [-0.3, -0.25) is 14.4 Å². The molecule has 0 aliphatic rings. The highest BCUT2D eigenvalue weighted by Crippen LogP contribution is 2.28. The predicted molar refractivity (Wildman–Crippen MR) is 86.8 cm³/mol. The molecule has 8 heteroatoms. The lowest BCUT2D eigenvalue weighted by molar-refractivity contribution is -0.137. The van der Waals surface area contributed by atoms with Gasteiger partial charge in [0.05, 0.1) is 18.4 Å². The number of carboxylic acids is 2. The number of phenolic OH excluding ortho intramolecular Hbond substituents is 2. The average Bonchev–Trinajstić information content (AvgIpc) is 2.51. The van der Waals surface area contributed by atoms with E-state index in [1.807, 2.05) is 0 Å². The van der Waals surface area contributed by atoms with Crippen molar-refractivity contribution in [1.29, 1.82) is 0 Å². The summed E-state index contributed by atoms with van der Waals surface area (Å²) in [5.74, 6) is -3.75. The maximum absolute atomic E-state index is 12.2. The number of benzene rings is 2. The van der Waals surface area contributed by atoms with E-state index in [1.165, 1.54) is 24.3 Å². The minimum atomic E-state index is -1.19. The van der Waals surface area contributed by atoms with E-state index >= 15 is 0 Å². The van der Waals surface area contributed by atoms with Crippen molar-refractivity contribution in [2.45, 2.75) is 12.8 Å². The molecule has 0 heterocycles. The number of nitrogens with one attached hydrogen (secondary N) is 1. The van der Waals surface area contributed by atoms with Crippen molar-refractivity contribution < 1.29 is 34.8 Å². The van der Waals surface area contributed by atoms with Crippen LogP contribution in [-0.4, -0.2) is 38.3 Å². The second-order valence-electron chi connectivity index (χ2n) is 5.29. The van der Waals surface area contributed by atoms with Crippen LogP contribution in [0.25, 0.3) is 0 Å². The van der Waals surface area contributed by atoms with Crippen molar-refractivity contribution in [2.75, 3.05) is 5.32 Å². The van der Waals surface area contributed by atoms with Gasteiger partial charge < -0.3 is 25.7 Å². The van der Waals surface area contributed by atoms with Gasteiger partial charge in [-0.25, -0.2) is 0 Å². The third kappa shape index (κ3) is 4.71. The largest absolute Gasteiger partial charge is 0.508 e. The summed E-state index contributed by atoms with van der Waals surface area (Å²) in [6.07, 6.45) is -0.639. The molecule has 0 aliphatic carbocycles. The van der Waals surface area contributed by atoms with Gasteiger partial charge in [-0.15, -0.1) is 0 Å². The Balaban J connectivity index is 2.16. The summed E-state index contributed by atoms with van der Waals surface area (Å²) in [6.45, 7) is 0. The normalized spacial score (nSPS) is 10.2. The molecule has 0 fully saturated rings. The quantitative estimate of drug-likeness (QED) is 0.500. The van der Waals surface area contributed by atoms with Gasteiger partial charge in [0.15, 0.2) is 0 Å². The minimum Gasteiger partial charge on any atom is -0.508 e. The first-order valence-corrected chi connectivity index (χ1v) is 7.15. The Kier molecular flexibility index (Phi) is 5.23. The van der Waals surface area contributed by atoms with Gasteiger partial charge in [-0.05, 0) is 29.8 Å². The van der Waals surface area contributed by atoms with Gasteiger partial charge in [0.2, 0.25) is 0 Å². The van der Waals surface area contributed by atoms with Gasteiger partial charge in [-0.2, -0.15) is 0 Å². The zero-order valence-corrected chi connectivity index (χ0v) is 12.9. The average molecular weight is 345 g/mol. The molecule has 0 unspecified atom stereocenters. The van der Waals surface area contributed by atoms with Crippen LogP contribution in [0.4, 0.5) is 5.69 Å². The minimum absolute atomic E-state index is 0.0143. The number of hydrogen-bond donors (Lipinski definition) is 5. The van der Waals surface area contributed by atoms with E-state index in [0.717, 1.165) is 12.1 Å². The van der Waals surface area contributed by atoms with Crippen LogP contribution < -0.4 is 5.32 Å². The third-order valence-electron chi connectivity index (χ3n) is 3.35. The molecule has 0 radical (unpaired) electrons. The summed E-state index contributed by atoms with van der Waals surface area (Å²) < 4.78 is 0. The fourth-order valence-electron chi connectivity index (χ4n) is 2.19. The van der Waals surface area contributed by atoms with Crippen molar-refractivity contribution in [3.05, 3.63) is 53.1 Å². The van der Waals surface area contributed by atoms with Crippen molar-refractivity contribution in [3.63, 3.8) is 0 Å². The summed E-state index contributed by atoms with van der Waals surface area (Å²) in [5, 5.41) is 39.6. The van der Waals surface area contributed by atoms with E-state index < -0.39 is 35.8 Å². The Labute approximate surface area is 142 Å². The van der Waals surface area contributed by atoms with Gasteiger partial charge in [0.1, 0.15) is 11.5 Å². The molecule has 2 aromatic rings. The van der Waals surface area contributed by atoms with Crippen LogP contribution in [-0.2, 0) is 22.4 Å². The molecular weight excluding hydrogens is 330 g/mol. The van der Waals surface area contributed by atoms with Crippen molar-refractivity contribution in [1.82, 2.24) is 0 Å². The maximum Gasteiger partial charge on any atom is 0.307 e. The molecule has 0 aromatic heterocycles. The summed E-state index contributed by atoms with van der Waals surface area (Å²) in [5.41, 5.74) is 0.692. The highest BCUT2D eigenvalue weighted by atomic mass is 16.4. The Hall–Kier alpha value is -3.55. The fourth-order valence-corrected chi connectivity index (χ4v) is 2.19. The smallest absolute Gasteiger partial charge is 0.307 e. The van der Waals surface area contributed by atoms with Crippen LogP contribution in [0.3, 0.4) is 0 Å². The van der Waals surface area contributed by atoms with E-state index in [4.69, 9.17) is 10.2 Å². The van der Waals surface area contributed by atoms with E-state index in [9.17, 15) is 24.6 Å². The number of anilines is 1. The van der Waals surface area contributed by atoms with Gasteiger partial charge in [-0.1, -0.05) is 12.1 Å². The first-order valence-electron chi connectivity index (χ1n) is 7.15. The molecule has 0 bridgehead atoms. The fraction of sp³-hybridized carbons (Fsp3) is 0.118. The zero-order chi connectivity index (χ0) is 18.6. The number of hydrogen-bond acceptors (Lipinski definition) is 5. The lowest BCUT2D eigenvalue weighted by Gasteiger charge is -2.10. The third-order valence-corrected chi connectivity index (χ3v) is 3.35. The summed E-state index contributed by atoms with van der Waals surface area (Å²) >= 11 is 0. The van der Waals surface area contributed by atoms with Crippen molar-refractivity contribution in [3.8, 4) is 11.5 Å². The monoisotopic (exact) mass is 345 g/mol. The Morgan fingerprint density at radius 3 is 2.00 bits per heavy atom. The van der Waals surface area contributed by atoms with Crippen LogP contribution >= 0.6 is 0 Å². The number of amides is 1. The zero-order valence-electron chi connectivity index (χ0n) is 12.9. The molecule has 0 saturated carbocycles. The molecule has 0 saturated heterocycles. The Bertz CT molecular complexity index is 828. The Morgan fingerprint density at radius 2 is 1.44 bits per heavy atom. The highest BCUT2D eigenvalue weighted by molar-refractivity contribution is 6.06. The van der Waals surface area contributed by atoms with E-state index in [2.05, 4.69) is 5.32 Å². The van der Waals surface area contributed by atoms with E-state index in [1.54, 1.807) is 0 Å². The summed E-state index contributed by atoms with van der Waals surface area (Å²) in [4.78, 5) is 33.5. The predicted octanol–water partition coefficient (Wildman–Crippen LogP) is 1.60. The van der Waals surface area contributed by atoms with Crippen LogP contribution in [0.2, 0.25) is 0 Å². The summed E-state index contributed by atoms with van der Waals surface area (Å²) in [6, 6.07) is 8.10. The number of aromatic hydroxyl groups is 2. The number of carbonyl (C=O) groups is 3. The number of aliphatic carboxylic acids is 2. The van der Waals surface area contributed by atoms with Gasteiger partial charge >= 0.3 is 11.9 Å². The van der Waals surface area contributed by atoms with E-state index in [0.29, 0.717) is 11.3 Å². The number of phenols is 2. The molecule has 0 aliphatic heterocycles. The molecule has 0 atom stereocenters. The molecule has 2 aromatic carbocycles. The molecule has 25 heavy (non-hydrogen) atoms. The first-order chi connectivity index (χ1) is 11.8. The topological polar surface area (TPSA) is 144 Å². The highest BCUT2D eigenvalue weighted by Gasteiger charge is 2.17. The standard InChI is InChI=1S/C17H15NO7/c19-13-8-12(14(20)6-10(13)7-16(23)24)17(25)18-11-3-1-9(2-4-11)5-15(21)22/h1-4,6,8,19-20H,5,7H2,(H,18,25)(H,21,22)(H,23,24). The molecule has 5 N–H and O–H groups in total. The molecule has 8 nitrogen and oxygen atoms in total. The molecule has 2 rings (SSSR count). The van der Waals surface area contributed by atoms with Gasteiger partial charge in [0.25, 0.3) is 5.91 Å². The second kappa shape index (κ2) is 7.35. The summed E-state index contributed by atoms with van der Waals surface area (Å²) in [7, 11) is 0. The van der Waals surface area contributed by atoms with Crippen molar-refractivity contribution >= 4 is 23.5 Å². The Morgan fingerprint density at radius 1 is 0.840 bits per heavy atom. The lowest BCUT2D eigenvalue weighted by atomic mass is 10.1. The molecule has 130 valence electrons. The number of rotatable bonds is 6. The first kappa shape index (κ1) is 17.8. The number of carboxylic acid groups (broad SMARTS) is 2. The van der Waals surface area contributed by atoms with Crippen LogP contribution in [0.5, 0.6) is 11.5 Å². The maximum atomic E-state index is 12.2. The number of carbonyl (C=O) groups excluding carboxylic acids is 1. The van der Waals surface area contributed by atoms with Gasteiger partial charge in [0, 0.05) is 11.3 Å². The van der Waals surface area contributed by atoms with Crippen molar-refractivity contribution in [2.24, 2.45) is 0 Å². The van der Waals surface area contributed by atoms with Crippen LogP contribution in [0, 0.1) is 0 Å². The lowest BCUT2D eigenvalue weighted by Crippen LogP contribution is -2.13. The molecule has 0 spiro atoms.